The normalized spacial score (nSPS) is 11.8. The summed E-state index contributed by atoms with van der Waals surface area (Å²) < 4.78 is 63.4. The molecule has 1 rings (SSSR count). The van der Waals surface area contributed by atoms with Gasteiger partial charge < -0.3 is 9.92 Å². The number of primary amides is 1. The maximum atomic E-state index is 12.4. The second-order valence-electron chi connectivity index (χ2n) is 4.40. The van der Waals surface area contributed by atoms with Crippen LogP contribution in [0.3, 0.4) is 0 Å². The fourth-order valence-corrected chi connectivity index (χ4v) is 2.74. The van der Waals surface area contributed by atoms with E-state index >= 15 is 0 Å². The van der Waals surface area contributed by atoms with Gasteiger partial charge in [-0.15, -0.1) is 0 Å². The number of aryl methyl sites for hydroxylation is 1. The molecule has 132 valence electrons. The number of aromatic nitrogens is 1. The lowest BCUT2D eigenvalue weighted by atomic mass is 10.1. The van der Waals surface area contributed by atoms with Crippen molar-refractivity contribution < 1.29 is 30.6 Å². The Hall–Kier alpha value is -2.00. The highest BCUT2D eigenvalue weighted by Gasteiger charge is 2.49. The van der Waals surface area contributed by atoms with Gasteiger partial charge in [0, 0.05) is 6.07 Å². The zero-order valence-electron chi connectivity index (χ0n) is 12.3. The zero-order chi connectivity index (χ0) is 18.5. The third kappa shape index (κ3) is 5.00. The van der Waals surface area contributed by atoms with Gasteiger partial charge in [-0.3, -0.25) is 4.79 Å². The Morgan fingerprint density at radius 1 is 1.50 bits per heavy atom. The molecule has 0 saturated heterocycles. The fourth-order valence-electron chi connectivity index (χ4n) is 1.58. The number of nitriles is 1. The second kappa shape index (κ2) is 7.71. The van der Waals surface area contributed by atoms with Crippen molar-refractivity contribution in [3.05, 3.63) is 17.2 Å². The number of hydrogen-bond acceptors (Lipinski definition) is 7. The third-order valence-electron chi connectivity index (χ3n) is 2.51. The Labute approximate surface area is 140 Å². The summed E-state index contributed by atoms with van der Waals surface area (Å²) in [7, 11) is -5.90. The van der Waals surface area contributed by atoms with E-state index in [4.69, 9.17) is 5.73 Å². The van der Waals surface area contributed by atoms with E-state index < -0.39 is 27.4 Å². The number of amides is 1. The Morgan fingerprint density at radius 3 is 2.58 bits per heavy atom. The van der Waals surface area contributed by atoms with Crippen LogP contribution in [-0.2, 0) is 21.3 Å². The fraction of sp³-hybridized carbons (Fsp3) is 0.417. The number of alkyl halides is 3. The van der Waals surface area contributed by atoms with Crippen molar-refractivity contribution in [2.75, 3.05) is 5.75 Å². The topological polar surface area (TPSA) is 123 Å². The van der Waals surface area contributed by atoms with Gasteiger partial charge in [-0.2, -0.15) is 26.9 Å². The molecular formula is C12H12F3N3O4S2. The molecule has 0 aliphatic rings. The van der Waals surface area contributed by atoms with Crippen LogP contribution in [-0.4, -0.2) is 30.6 Å². The molecule has 0 atom stereocenters. The molecule has 2 N–H and O–H groups in total. The van der Waals surface area contributed by atoms with Crippen LogP contribution in [0.15, 0.2) is 11.1 Å². The van der Waals surface area contributed by atoms with Gasteiger partial charge in [0.2, 0.25) is 11.8 Å². The molecule has 0 bridgehead atoms. The number of rotatable bonds is 7. The number of carbonyl (C=O) groups excluding carboxylic acids is 1. The summed E-state index contributed by atoms with van der Waals surface area (Å²) >= 11 is 0.703. The van der Waals surface area contributed by atoms with Gasteiger partial charge in [-0.05, 0) is 12.0 Å². The number of nitrogens with zero attached hydrogens (tertiary/aromatic N) is 2. The zero-order valence-corrected chi connectivity index (χ0v) is 13.9. The molecule has 24 heavy (non-hydrogen) atoms. The summed E-state index contributed by atoms with van der Waals surface area (Å²) in [6.07, 6.45) is 0.808. The van der Waals surface area contributed by atoms with Crippen LogP contribution < -0.4 is 9.92 Å². The van der Waals surface area contributed by atoms with Gasteiger partial charge in [0.25, 0.3) is 0 Å². The first-order chi connectivity index (χ1) is 11.0. The first-order valence-corrected chi connectivity index (χ1v) is 8.77. The highest BCUT2D eigenvalue weighted by atomic mass is 32.2. The molecule has 1 aromatic rings. The third-order valence-corrected chi connectivity index (χ3v) is 4.46. The minimum Gasteiger partial charge on any atom is -0.369 e. The molecule has 0 unspecified atom stereocenters. The second-order valence-corrected chi connectivity index (χ2v) is 6.90. The highest BCUT2D eigenvalue weighted by molar-refractivity contribution is 8.00. The summed E-state index contributed by atoms with van der Waals surface area (Å²) in [6.45, 7) is 1.75. The lowest BCUT2D eigenvalue weighted by Crippen LogP contribution is -2.28. The molecule has 0 aliphatic heterocycles. The Balaban J connectivity index is 3.36. The van der Waals surface area contributed by atoms with Crippen LogP contribution in [0, 0.1) is 11.3 Å². The van der Waals surface area contributed by atoms with E-state index in [2.05, 4.69) is 9.17 Å². The van der Waals surface area contributed by atoms with E-state index in [-0.39, 0.29) is 28.3 Å². The molecule has 7 nitrogen and oxygen atoms in total. The number of thioether (sulfide) groups is 1. The average Bonchev–Trinajstić information content (AvgIpc) is 2.43. The Bertz CT molecular complexity index is 773. The predicted octanol–water partition coefficient (Wildman–Crippen LogP) is 1.71. The predicted molar refractivity (Wildman–Crippen MR) is 78.5 cm³/mol. The van der Waals surface area contributed by atoms with Crippen LogP contribution in [0.1, 0.15) is 24.5 Å². The van der Waals surface area contributed by atoms with E-state index in [0.717, 1.165) is 6.07 Å². The molecule has 0 aromatic carbocycles. The van der Waals surface area contributed by atoms with Crippen molar-refractivity contribution in [1.82, 2.24) is 4.98 Å². The summed E-state index contributed by atoms with van der Waals surface area (Å²) in [4.78, 5) is 14.4. The first kappa shape index (κ1) is 20.0. The minimum absolute atomic E-state index is 0.0276. The van der Waals surface area contributed by atoms with Gasteiger partial charge in [0.1, 0.15) is 11.1 Å². The smallest absolute Gasteiger partial charge is 0.369 e. The lowest BCUT2D eigenvalue weighted by molar-refractivity contribution is -0.115. The number of nitrogens with two attached hydrogens (primary N) is 1. The number of halogens is 3. The number of hydrogen-bond donors (Lipinski definition) is 1. The molecule has 0 saturated carbocycles. The van der Waals surface area contributed by atoms with Gasteiger partial charge in [-0.1, -0.05) is 25.1 Å². The molecule has 0 radical (unpaired) electrons. The first-order valence-electron chi connectivity index (χ1n) is 6.37. The van der Waals surface area contributed by atoms with Crippen LogP contribution in [0.25, 0.3) is 0 Å². The van der Waals surface area contributed by atoms with E-state index in [1.54, 1.807) is 6.92 Å². The van der Waals surface area contributed by atoms with Gasteiger partial charge in [0.15, 0.2) is 0 Å². The van der Waals surface area contributed by atoms with Crippen molar-refractivity contribution in [3.63, 3.8) is 0 Å². The van der Waals surface area contributed by atoms with Crippen molar-refractivity contribution in [1.29, 1.82) is 5.26 Å². The van der Waals surface area contributed by atoms with E-state index in [0.29, 0.717) is 18.2 Å². The number of carbonyl (C=O) groups is 1. The van der Waals surface area contributed by atoms with Crippen LogP contribution in [0.5, 0.6) is 5.88 Å². The molecule has 1 amide bonds. The SMILES string of the molecule is CCCc1cc(OS(=O)(=O)C(F)(F)F)nc(SCC(N)=O)c1C#N. The Kier molecular flexibility index (Phi) is 6.44. The molecule has 12 heteroatoms. The molecule has 0 fully saturated rings. The summed E-state index contributed by atoms with van der Waals surface area (Å²) in [5, 5.41) is 9.06. The van der Waals surface area contributed by atoms with Crippen LogP contribution >= 0.6 is 11.8 Å². The molecule has 0 aliphatic carbocycles. The summed E-state index contributed by atoms with van der Waals surface area (Å²) in [6, 6.07) is 2.79. The summed E-state index contributed by atoms with van der Waals surface area (Å²) in [5.41, 5.74) is -0.352. The largest absolute Gasteiger partial charge is 0.534 e. The standard InChI is InChI=1S/C12H12F3N3O4S2/c1-2-3-7-4-10(22-24(20,21)12(13,14)15)18-11(8(7)5-16)23-6-9(17)19/h4H,2-3,6H2,1H3,(H2,17,19). The monoisotopic (exact) mass is 383 g/mol. The van der Waals surface area contributed by atoms with Crippen molar-refractivity contribution in [2.45, 2.75) is 30.3 Å². The molecular weight excluding hydrogens is 371 g/mol. The highest BCUT2D eigenvalue weighted by Crippen LogP contribution is 2.31. The summed E-state index contributed by atoms with van der Waals surface area (Å²) in [5.74, 6) is -1.86. The maximum Gasteiger partial charge on any atom is 0.534 e. The molecule has 1 aromatic heterocycles. The lowest BCUT2D eigenvalue weighted by Gasteiger charge is -2.12. The van der Waals surface area contributed by atoms with Crippen molar-refractivity contribution >= 4 is 27.8 Å². The van der Waals surface area contributed by atoms with Gasteiger partial charge in [-0.25, -0.2) is 4.98 Å². The van der Waals surface area contributed by atoms with E-state index in [1.807, 2.05) is 6.07 Å². The minimum atomic E-state index is -5.90. The van der Waals surface area contributed by atoms with E-state index in [1.165, 1.54) is 0 Å². The van der Waals surface area contributed by atoms with Gasteiger partial charge in [0.05, 0.1) is 11.3 Å². The maximum absolute atomic E-state index is 12.4. The quantitative estimate of drug-likeness (QED) is 0.432. The van der Waals surface area contributed by atoms with Gasteiger partial charge >= 0.3 is 15.6 Å². The number of pyridine rings is 1. The molecule has 0 spiro atoms. The van der Waals surface area contributed by atoms with Crippen LogP contribution in [0.2, 0.25) is 0 Å². The van der Waals surface area contributed by atoms with E-state index in [9.17, 15) is 31.6 Å². The average molecular weight is 383 g/mol. The van der Waals surface area contributed by atoms with Crippen molar-refractivity contribution in [3.8, 4) is 11.9 Å². The Morgan fingerprint density at radius 2 is 2.12 bits per heavy atom. The molecule has 1 heterocycles. The van der Waals surface area contributed by atoms with Crippen LogP contribution in [0.4, 0.5) is 13.2 Å². The van der Waals surface area contributed by atoms with Crippen molar-refractivity contribution in [2.24, 2.45) is 5.73 Å².